The molecule has 5 nitrogen and oxygen atoms in total. The van der Waals surface area contributed by atoms with Crippen molar-refractivity contribution in [3.63, 3.8) is 0 Å². The molecule has 2 heterocycles. The fourth-order valence-electron chi connectivity index (χ4n) is 2.44. The largest absolute Gasteiger partial charge is 0.493 e. The third-order valence-corrected chi connectivity index (χ3v) is 4.29. The van der Waals surface area contributed by atoms with Crippen molar-refractivity contribution in [1.29, 1.82) is 0 Å². The van der Waals surface area contributed by atoms with E-state index in [1.54, 1.807) is 0 Å². The molecule has 112 valence electrons. The van der Waals surface area contributed by atoms with E-state index in [4.69, 9.17) is 4.74 Å². The van der Waals surface area contributed by atoms with Crippen molar-refractivity contribution in [3.8, 4) is 5.75 Å². The highest BCUT2D eigenvalue weighted by atomic mass is 32.1. The van der Waals surface area contributed by atoms with Gasteiger partial charge in [-0.1, -0.05) is 18.2 Å². The maximum Gasteiger partial charge on any atom is 0.238 e. The second kappa shape index (κ2) is 6.30. The summed E-state index contributed by atoms with van der Waals surface area (Å²) < 4.78 is 10.1. The van der Waals surface area contributed by atoms with E-state index < -0.39 is 0 Å². The first-order chi connectivity index (χ1) is 10.2. The van der Waals surface area contributed by atoms with Crippen LogP contribution in [0.3, 0.4) is 0 Å². The number of aromatic nitrogens is 2. The van der Waals surface area contributed by atoms with Crippen LogP contribution in [0.1, 0.15) is 12.0 Å². The lowest BCUT2D eigenvalue weighted by Crippen LogP contribution is -2.17. The molecule has 1 atom stereocenters. The number of ether oxygens (including phenoxy) is 1. The first-order valence-corrected chi connectivity index (χ1v) is 7.95. The standard InChI is InChI=1S/C15H20N4OS/c1-19(2)14-17-15(21-18-14)16-10-11-7-8-20-13-6-4-3-5-12(13)9-11/h3-6,11H,7-10H2,1-2H3,(H,16,17,18)/t11-/m1/s1. The van der Waals surface area contributed by atoms with Crippen LogP contribution in [-0.2, 0) is 6.42 Å². The zero-order valence-electron chi connectivity index (χ0n) is 12.4. The molecule has 0 bridgehead atoms. The minimum Gasteiger partial charge on any atom is -0.493 e. The minimum atomic E-state index is 0.556. The molecule has 1 aromatic heterocycles. The predicted octanol–water partition coefficient (Wildman–Crippen LogP) is 2.66. The van der Waals surface area contributed by atoms with Crippen LogP contribution in [-0.4, -0.2) is 36.6 Å². The molecule has 2 aromatic rings. The summed E-state index contributed by atoms with van der Waals surface area (Å²) in [6, 6.07) is 8.32. The number of anilines is 2. The minimum absolute atomic E-state index is 0.556. The summed E-state index contributed by atoms with van der Waals surface area (Å²) in [5.41, 5.74) is 1.30. The van der Waals surface area contributed by atoms with E-state index in [1.807, 2.05) is 25.1 Å². The maximum absolute atomic E-state index is 5.81. The number of hydrogen-bond acceptors (Lipinski definition) is 6. The molecule has 0 amide bonds. The van der Waals surface area contributed by atoms with Crippen molar-refractivity contribution in [2.45, 2.75) is 12.8 Å². The summed E-state index contributed by atoms with van der Waals surface area (Å²) in [5, 5.41) is 4.30. The highest BCUT2D eigenvalue weighted by Gasteiger charge is 2.17. The number of rotatable bonds is 4. The smallest absolute Gasteiger partial charge is 0.238 e. The Bertz CT molecular complexity index is 599. The monoisotopic (exact) mass is 304 g/mol. The van der Waals surface area contributed by atoms with E-state index >= 15 is 0 Å². The van der Waals surface area contributed by atoms with Crippen molar-refractivity contribution in [2.24, 2.45) is 5.92 Å². The van der Waals surface area contributed by atoms with Gasteiger partial charge >= 0.3 is 0 Å². The van der Waals surface area contributed by atoms with Crippen LogP contribution in [0.4, 0.5) is 11.1 Å². The van der Waals surface area contributed by atoms with Gasteiger partial charge in [-0.2, -0.15) is 9.36 Å². The van der Waals surface area contributed by atoms with Gasteiger partial charge in [0.15, 0.2) is 0 Å². The van der Waals surface area contributed by atoms with Crippen molar-refractivity contribution in [2.75, 3.05) is 37.5 Å². The molecule has 0 aliphatic carbocycles. The molecular formula is C15H20N4OS. The number of hydrogen-bond donors (Lipinski definition) is 1. The van der Waals surface area contributed by atoms with Gasteiger partial charge in [0, 0.05) is 32.2 Å². The van der Waals surface area contributed by atoms with Crippen molar-refractivity contribution >= 4 is 22.6 Å². The Morgan fingerprint density at radius 1 is 1.38 bits per heavy atom. The zero-order chi connectivity index (χ0) is 14.7. The van der Waals surface area contributed by atoms with Gasteiger partial charge in [-0.05, 0) is 30.4 Å². The van der Waals surface area contributed by atoms with E-state index in [-0.39, 0.29) is 0 Å². The number of fused-ring (bicyclic) bond motifs is 1. The third-order valence-electron chi connectivity index (χ3n) is 3.62. The average Bonchev–Trinajstić information content (AvgIpc) is 2.86. The number of nitrogens with one attached hydrogen (secondary N) is 1. The second-order valence-corrected chi connectivity index (χ2v) is 6.24. The number of nitrogens with zero attached hydrogens (tertiary/aromatic N) is 3. The summed E-state index contributed by atoms with van der Waals surface area (Å²) in [5.74, 6) is 2.35. The van der Waals surface area contributed by atoms with Crippen LogP contribution < -0.4 is 15.0 Å². The lowest BCUT2D eigenvalue weighted by atomic mass is 9.97. The molecule has 0 fully saturated rings. The van der Waals surface area contributed by atoms with Gasteiger partial charge in [0.1, 0.15) is 5.75 Å². The predicted molar refractivity (Wildman–Crippen MR) is 86.5 cm³/mol. The van der Waals surface area contributed by atoms with Crippen molar-refractivity contribution < 1.29 is 4.74 Å². The van der Waals surface area contributed by atoms with Crippen LogP contribution in [0.25, 0.3) is 0 Å². The number of benzene rings is 1. The molecule has 1 N–H and O–H groups in total. The third kappa shape index (κ3) is 3.44. The topological polar surface area (TPSA) is 50.3 Å². The molecule has 0 radical (unpaired) electrons. The molecule has 21 heavy (non-hydrogen) atoms. The zero-order valence-corrected chi connectivity index (χ0v) is 13.2. The van der Waals surface area contributed by atoms with Gasteiger partial charge in [-0.15, -0.1) is 0 Å². The van der Waals surface area contributed by atoms with Crippen LogP contribution >= 0.6 is 11.5 Å². The van der Waals surface area contributed by atoms with E-state index in [1.165, 1.54) is 17.1 Å². The first kappa shape index (κ1) is 14.1. The Balaban J connectivity index is 1.60. The lowest BCUT2D eigenvalue weighted by Gasteiger charge is -2.13. The molecule has 3 rings (SSSR count). The van der Waals surface area contributed by atoms with Crippen molar-refractivity contribution in [3.05, 3.63) is 29.8 Å². The van der Waals surface area contributed by atoms with Gasteiger partial charge in [0.05, 0.1) is 6.61 Å². The fourth-order valence-corrected chi connectivity index (χ4v) is 3.08. The van der Waals surface area contributed by atoms with Gasteiger partial charge in [-0.3, -0.25) is 0 Å². The van der Waals surface area contributed by atoms with Gasteiger partial charge < -0.3 is 15.0 Å². The summed E-state index contributed by atoms with van der Waals surface area (Å²) in [6.45, 7) is 1.68. The molecule has 6 heteroatoms. The summed E-state index contributed by atoms with van der Waals surface area (Å²) in [7, 11) is 3.90. The van der Waals surface area contributed by atoms with E-state index in [9.17, 15) is 0 Å². The molecule has 0 spiro atoms. The van der Waals surface area contributed by atoms with Crippen LogP contribution in [0.15, 0.2) is 24.3 Å². The molecule has 1 aromatic carbocycles. The summed E-state index contributed by atoms with van der Waals surface area (Å²) in [6.07, 6.45) is 2.10. The van der Waals surface area contributed by atoms with Crippen LogP contribution in [0.2, 0.25) is 0 Å². The second-order valence-electron chi connectivity index (χ2n) is 5.49. The molecule has 1 aliphatic rings. The Hall–Kier alpha value is -1.82. The molecule has 0 saturated heterocycles. The summed E-state index contributed by atoms with van der Waals surface area (Å²) >= 11 is 1.41. The van der Waals surface area contributed by atoms with Crippen LogP contribution in [0.5, 0.6) is 5.75 Å². The number of para-hydroxylation sites is 1. The highest BCUT2D eigenvalue weighted by Crippen LogP contribution is 2.27. The fraction of sp³-hybridized carbons (Fsp3) is 0.467. The molecule has 0 saturated carbocycles. The highest BCUT2D eigenvalue weighted by molar-refractivity contribution is 7.09. The van der Waals surface area contributed by atoms with Gasteiger partial charge in [0.2, 0.25) is 11.1 Å². The van der Waals surface area contributed by atoms with Crippen LogP contribution in [0, 0.1) is 5.92 Å². The van der Waals surface area contributed by atoms with Gasteiger partial charge in [-0.25, -0.2) is 0 Å². The maximum atomic E-state index is 5.81. The SMILES string of the molecule is CN(C)c1nsc(NC[C@@H]2CCOc3ccccc3C2)n1. The molecule has 0 unspecified atom stereocenters. The first-order valence-electron chi connectivity index (χ1n) is 7.18. The Morgan fingerprint density at radius 2 is 2.24 bits per heavy atom. The quantitative estimate of drug-likeness (QED) is 0.941. The summed E-state index contributed by atoms with van der Waals surface area (Å²) in [4.78, 5) is 6.37. The Kier molecular flexibility index (Phi) is 4.24. The Morgan fingerprint density at radius 3 is 3.05 bits per heavy atom. The van der Waals surface area contributed by atoms with Crippen molar-refractivity contribution in [1.82, 2.24) is 9.36 Å². The molecule has 1 aliphatic heterocycles. The normalized spacial score (nSPS) is 17.5. The lowest BCUT2D eigenvalue weighted by molar-refractivity contribution is 0.298. The average molecular weight is 304 g/mol. The van der Waals surface area contributed by atoms with E-state index in [2.05, 4.69) is 32.9 Å². The van der Waals surface area contributed by atoms with E-state index in [0.717, 1.165) is 42.8 Å². The van der Waals surface area contributed by atoms with Gasteiger partial charge in [0.25, 0.3) is 0 Å². The Labute approximate surface area is 129 Å². The van der Waals surface area contributed by atoms with E-state index in [0.29, 0.717) is 5.92 Å². The molecular weight excluding hydrogens is 284 g/mol.